The predicted octanol–water partition coefficient (Wildman–Crippen LogP) is 1.91. The molecular weight excluding hydrogens is 296 g/mol. The number of nitrogens with one attached hydrogen (secondary N) is 2. The first-order valence-electron chi connectivity index (χ1n) is 8.09. The van der Waals surface area contributed by atoms with Gasteiger partial charge in [0.2, 0.25) is 0 Å². The number of guanidine groups is 1. The lowest BCUT2D eigenvalue weighted by Gasteiger charge is -2.22. The third-order valence-electron chi connectivity index (χ3n) is 3.68. The van der Waals surface area contributed by atoms with Crippen LogP contribution in [0.1, 0.15) is 25.3 Å². The predicted molar refractivity (Wildman–Crippen MR) is 93.6 cm³/mol. The van der Waals surface area contributed by atoms with E-state index in [-0.39, 0.29) is 0 Å². The van der Waals surface area contributed by atoms with Crippen LogP contribution in [-0.2, 0) is 11.3 Å². The molecule has 1 aromatic heterocycles. The number of thiophene rings is 1. The fraction of sp³-hybridized carbons (Fsp3) is 0.688. The van der Waals surface area contributed by atoms with Crippen molar-refractivity contribution >= 4 is 17.3 Å². The van der Waals surface area contributed by atoms with E-state index in [9.17, 15) is 0 Å². The van der Waals surface area contributed by atoms with E-state index < -0.39 is 0 Å². The first-order chi connectivity index (χ1) is 10.8. The molecule has 5 nitrogen and oxygen atoms in total. The van der Waals surface area contributed by atoms with Crippen LogP contribution < -0.4 is 10.6 Å². The van der Waals surface area contributed by atoms with E-state index in [0.717, 1.165) is 51.3 Å². The molecule has 0 amide bonds. The summed E-state index contributed by atoms with van der Waals surface area (Å²) in [5.74, 6) is 0.899. The lowest BCUT2D eigenvalue weighted by Crippen LogP contribution is -2.42. The number of rotatable bonds is 10. The third kappa shape index (κ3) is 6.34. The minimum atomic E-state index is 0.731. The minimum absolute atomic E-state index is 0.731. The Morgan fingerprint density at radius 3 is 2.91 bits per heavy atom. The molecular formula is C16H28N4OS. The molecule has 0 bridgehead atoms. The largest absolute Gasteiger partial charge is 0.383 e. The van der Waals surface area contributed by atoms with Gasteiger partial charge in [0.25, 0.3) is 0 Å². The van der Waals surface area contributed by atoms with Crippen LogP contribution in [0.3, 0.4) is 0 Å². The van der Waals surface area contributed by atoms with E-state index in [1.807, 2.05) is 0 Å². The second kappa shape index (κ2) is 9.82. The van der Waals surface area contributed by atoms with Crippen LogP contribution in [0, 0.1) is 0 Å². The van der Waals surface area contributed by atoms with Gasteiger partial charge in [0, 0.05) is 39.3 Å². The summed E-state index contributed by atoms with van der Waals surface area (Å²) in [6.07, 6.45) is 2.66. The molecule has 1 aliphatic carbocycles. The lowest BCUT2D eigenvalue weighted by atomic mass is 10.3. The summed E-state index contributed by atoms with van der Waals surface area (Å²) in [4.78, 5) is 7.15. The molecule has 22 heavy (non-hydrogen) atoms. The average Bonchev–Trinajstić information content (AvgIpc) is 3.24. The van der Waals surface area contributed by atoms with E-state index in [0.29, 0.717) is 0 Å². The summed E-state index contributed by atoms with van der Waals surface area (Å²) < 4.78 is 5.20. The normalized spacial score (nSPS) is 15.3. The number of aliphatic imine (C=N–C) groups is 1. The fourth-order valence-corrected chi connectivity index (χ4v) is 3.00. The Kier molecular flexibility index (Phi) is 7.70. The average molecular weight is 324 g/mol. The molecule has 0 saturated heterocycles. The lowest BCUT2D eigenvalue weighted by molar-refractivity contribution is 0.144. The van der Waals surface area contributed by atoms with Crippen LogP contribution in [0.4, 0.5) is 0 Å². The van der Waals surface area contributed by atoms with Gasteiger partial charge < -0.3 is 15.4 Å². The highest BCUT2D eigenvalue weighted by Crippen LogP contribution is 2.25. The van der Waals surface area contributed by atoms with Crippen LogP contribution in [0.2, 0.25) is 0 Å². The Hall–Kier alpha value is -1.11. The highest BCUT2D eigenvalue weighted by molar-refractivity contribution is 7.07. The quantitative estimate of drug-likeness (QED) is 0.510. The first kappa shape index (κ1) is 17.2. The van der Waals surface area contributed by atoms with Gasteiger partial charge in [-0.3, -0.25) is 4.90 Å². The zero-order chi connectivity index (χ0) is 15.6. The highest BCUT2D eigenvalue weighted by Gasteiger charge is 2.28. The summed E-state index contributed by atoms with van der Waals surface area (Å²) >= 11 is 1.72. The molecule has 1 aliphatic rings. The number of methoxy groups -OCH3 is 1. The van der Waals surface area contributed by atoms with Crippen molar-refractivity contribution in [3.05, 3.63) is 22.4 Å². The fourth-order valence-electron chi connectivity index (χ4n) is 2.34. The van der Waals surface area contributed by atoms with Crippen molar-refractivity contribution in [2.24, 2.45) is 4.99 Å². The van der Waals surface area contributed by atoms with Crippen molar-refractivity contribution in [1.82, 2.24) is 15.5 Å². The second-order valence-corrected chi connectivity index (χ2v) is 6.29. The molecule has 2 N–H and O–H groups in total. The summed E-state index contributed by atoms with van der Waals surface area (Å²) in [6, 6.07) is 2.89. The molecule has 1 aromatic rings. The van der Waals surface area contributed by atoms with E-state index in [2.05, 4.69) is 44.3 Å². The number of hydrogen-bond donors (Lipinski definition) is 2. The van der Waals surface area contributed by atoms with Crippen LogP contribution in [-0.4, -0.2) is 56.8 Å². The Morgan fingerprint density at radius 2 is 2.27 bits per heavy atom. The molecule has 0 aromatic carbocycles. The number of hydrogen-bond acceptors (Lipinski definition) is 4. The van der Waals surface area contributed by atoms with E-state index in [1.165, 1.54) is 18.4 Å². The van der Waals surface area contributed by atoms with Crippen LogP contribution >= 0.6 is 11.3 Å². The van der Waals surface area contributed by atoms with Crippen molar-refractivity contribution in [2.45, 2.75) is 32.4 Å². The maximum atomic E-state index is 5.20. The zero-order valence-corrected chi connectivity index (χ0v) is 14.5. The Labute approximate surface area is 137 Å². The molecule has 1 saturated carbocycles. The van der Waals surface area contributed by atoms with Gasteiger partial charge in [0.15, 0.2) is 5.96 Å². The molecule has 0 aliphatic heterocycles. The summed E-state index contributed by atoms with van der Waals surface area (Å²) in [5.41, 5.74) is 1.27. The molecule has 0 radical (unpaired) electrons. The van der Waals surface area contributed by atoms with E-state index >= 15 is 0 Å². The summed E-state index contributed by atoms with van der Waals surface area (Å²) in [5, 5.41) is 11.0. The molecule has 6 heteroatoms. The highest BCUT2D eigenvalue weighted by atomic mass is 32.1. The maximum absolute atomic E-state index is 5.20. The Balaban J connectivity index is 1.74. The van der Waals surface area contributed by atoms with Crippen LogP contribution in [0.25, 0.3) is 0 Å². The van der Waals surface area contributed by atoms with Crippen molar-refractivity contribution in [2.75, 3.05) is 39.9 Å². The van der Waals surface area contributed by atoms with Gasteiger partial charge in [-0.15, -0.1) is 0 Å². The molecule has 2 rings (SSSR count). The van der Waals surface area contributed by atoms with Gasteiger partial charge in [-0.25, -0.2) is 4.99 Å². The minimum Gasteiger partial charge on any atom is -0.383 e. The number of ether oxygens (including phenoxy) is 1. The van der Waals surface area contributed by atoms with Crippen molar-refractivity contribution < 1.29 is 4.74 Å². The summed E-state index contributed by atoms with van der Waals surface area (Å²) in [6.45, 7) is 7.48. The smallest absolute Gasteiger partial charge is 0.191 e. The van der Waals surface area contributed by atoms with Crippen molar-refractivity contribution in [3.8, 4) is 0 Å². The molecule has 0 atom stereocenters. The third-order valence-corrected chi connectivity index (χ3v) is 4.41. The topological polar surface area (TPSA) is 48.9 Å². The standard InChI is InChI=1S/C16H28N4OS/c1-3-17-16(19-12-14-6-11-22-13-14)18-7-8-20(9-10-21-2)15-4-5-15/h6,11,13,15H,3-5,7-10,12H2,1-2H3,(H2,17,18,19). The molecule has 0 unspecified atom stereocenters. The van der Waals surface area contributed by atoms with Gasteiger partial charge in [0.05, 0.1) is 13.2 Å². The second-order valence-electron chi connectivity index (χ2n) is 5.51. The molecule has 1 fully saturated rings. The van der Waals surface area contributed by atoms with Gasteiger partial charge in [-0.2, -0.15) is 11.3 Å². The van der Waals surface area contributed by atoms with Gasteiger partial charge in [-0.1, -0.05) is 0 Å². The zero-order valence-electron chi connectivity index (χ0n) is 13.7. The maximum Gasteiger partial charge on any atom is 0.191 e. The molecule has 0 spiro atoms. The monoisotopic (exact) mass is 324 g/mol. The Morgan fingerprint density at radius 1 is 1.41 bits per heavy atom. The van der Waals surface area contributed by atoms with Gasteiger partial charge in [0.1, 0.15) is 0 Å². The van der Waals surface area contributed by atoms with Gasteiger partial charge >= 0.3 is 0 Å². The van der Waals surface area contributed by atoms with Gasteiger partial charge in [-0.05, 0) is 42.2 Å². The van der Waals surface area contributed by atoms with Crippen LogP contribution in [0.15, 0.2) is 21.8 Å². The van der Waals surface area contributed by atoms with Crippen molar-refractivity contribution in [1.29, 1.82) is 0 Å². The first-order valence-corrected chi connectivity index (χ1v) is 9.04. The molecule has 124 valence electrons. The van der Waals surface area contributed by atoms with Crippen LogP contribution in [0.5, 0.6) is 0 Å². The van der Waals surface area contributed by atoms with E-state index in [1.54, 1.807) is 18.4 Å². The summed E-state index contributed by atoms with van der Waals surface area (Å²) in [7, 11) is 1.77. The van der Waals surface area contributed by atoms with Crippen molar-refractivity contribution in [3.63, 3.8) is 0 Å². The molecule has 1 heterocycles. The number of nitrogens with zero attached hydrogens (tertiary/aromatic N) is 2. The van der Waals surface area contributed by atoms with E-state index in [4.69, 9.17) is 4.74 Å². The SMILES string of the molecule is CCNC(=NCc1ccsc1)NCCN(CCOC)C1CC1. The Bertz CT molecular complexity index is 431.